The largest absolute Gasteiger partial charge is 0.323 e. The van der Waals surface area contributed by atoms with E-state index in [2.05, 4.69) is 52.2 Å². The minimum Gasteiger partial charge on any atom is -0.323 e. The number of hydrogen-bond donors (Lipinski definition) is 0. The van der Waals surface area contributed by atoms with E-state index in [0.29, 0.717) is 12.5 Å². The smallest absolute Gasteiger partial charge is 0.213 e. The minimum absolute atomic E-state index is 0.0334. The summed E-state index contributed by atoms with van der Waals surface area (Å²) in [7, 11) is 4.47. The molecule has 0 saturated heterocycles. The highest BCUT2D eigenvalue weighted by Gasteiger charge is 2.27. The fraction of sp³-hybridized carbons (Fsp3) is 0.769. The Morgan fingerprint density at radius 1 is 0.833 bits per heavy atom. The van der Waals surface area contributed by atoms with Crippen molar-refractivity contribution in [2.24, 2.45) is 0 Å². The molecule has 0 aliphatic carbocycles. The Bertz CT molecular complexity index is 559. The van der Waals surface area contributed by atoms with E-state index >= 15 is 0 Å². The number of quaternary nitrogens is 1. The third-order valence-electron chi connectivity index (χ3n) is 6.79. The summed E-state index contributed by atoms with van der Waals surface area (Å²) >= 11 is 0. The minimum atomic E-state index is -0.369. The average Bonchev–Trinajstić information content (AvgIpc) is 2.73. The van der Waals surface area contributed by atoms with Crippen molar-refractivity contribution in [2.45, 2.75) is 109 Å². The maximum absolute atomic E-state index is 11.5. The van der Waals surface area contributed by atoms with Crippen LogP contribution >= 0.6 is 0 Å². The van der Waals surface area contributed by atoms with Gasteiger partial charge in [0.1, 0.15) is 6.04 Å². The number of rotatable bonds is 18. The second-order valence-corrected chi connectivity index (χ2v) is 9.64. The number of unbranched alkanes of at least 4 members (excludes halogenated alkanes) is 9. The molecule has 1 aromatic rings. The standard InChI is InChI=1S/C26H47N2O2/c1-5-6-7-8-9-10-11-12-13-17-21-26(27(29)30)22-18-23-28(3,4)24(2)25-19-15-14-16-20-25/h14-16,19-20,24,26H,5-13,17-18,21-23H2,1-4H3/q+1. The Kier molecular flexibility index (Phi) is 13.7. The van der Waals surface area contributed by atoms with Gasteiger partial charge < -0.3 is 4.48 Å². The van der Waals surface area contributed by atoms with Crippen LogP contribution in [0.3, 0.4) is 0 Å². The van der Waals surface area contributed by atoms with E-state index < -0.39 is 0 Å². The quantitative estimate of drug-likeness (QED) is 0.107. The van der Waals surface area contributed by atoms with Crippen LogP contribution in [0, 0.1) is 10.1 Å². The normalized spacial score (nSPS) is 13.9. The molecule has 0 aromatic heterocycles. The molecule has 0 bridgehead atoms. The molecule has 172 valence electrons. The van der Waals surface area contributed by atoms with Crippen LogP contribution in [0.15, 0.2) is 30.3 Å². The topological polar surface area (TPSA) is 43.1 Å². The van der Waals surface area contributed by atoms with Crippen molar-refractivity contribution < 1.29 is 9.41 Å². The Hall–Kier alpha value is -1.42. The second kappa shape index (κ2) is 15.4. The predicted molar refractivity (Wildman–Crippen MR) is 128 cm³/mol. The van der Waals surface area contributed by atoms with Crippen LogP contribution in [-0.2, 0) is 0 Å². The predicted octanol–water partition coefficient (Wildman–Crippen LogP) is 7.56. The van der Waals surface area contributed by atoms with Gasteiger partial charge in [-0.25, -0.2) is 0 Å². The van der Waals surface area contributed by atoms with Crippen LogP contribution in [0.4, 0.5) is 0 Å². The molecule has 0 N–H and O–H groups in total. The molecular weight excluding hydrogens is 372 g/mol. The number of nitro groups is 1. The lowest BCUT2D eigenvalue weighted by Crippen LogP contribution is -2.43. The highest BCUT2D eigenvalue weighted by Crippen LogP contribution is 2.25. The van der Waals surface area contributed by atoms with Gasteiger partial charge in [-0.1, -0.05) is 95.0 Å². The van der Waals surface area contributed by atoms with Gasteiger partial charge in [-0.15, -0.1) is 0 Å². The zero-order chi connectivity index (χ0) is 22.2. The molecule has 2 atom stereocenters. The van der Waals surface area contributed by atoms with Crippen LogP contribution in [0.25, 0.3) is 0 Å². The number of benzene rings is 1. The van der Waals surface area contributed by atoms with Crippen molar-refractivity contribution in [1.82, 2.24) is 0 Å². The molecule has 0 saturated carbocycles. The first kappa shape index (κ1) is 26.6. The van der Waals surface area contributed by atoms with Crippen molar-refractivity contribution >= 4 is 0 Å². The molecule has 0 radical (unpaired) electrons. The highest BCUT2D eigenvalue weighted by atomic mass is 16.6. The van der Waals surface area contributed by atoms with Crippen LogP contribution in [0.2, 0.25) is 0 Å². The van der Waals surface area contributed by atoms with Crippen LogP contribution in [0.1, 0.15) is 109 Å². The Balaban J connectivity index is 2.22. The second-order valence-electron chi connectivity index (χ2n) is 9.64. The van der Waals surface area contributed by atoms with Crippen molar-refractivity contribution in [3.8, 4) is 0 Å². The summed E-state index contributed by atoms with van der Waals surface area (Å²) in [6.45, 7) is 5.48. The zero-order valence-corrected chi connectivity index (χ0v) is 20.2. The van der Waals surface area contributed by atoms with Gasteiger partial charge in [0.2, 0.25) is 6.04 Å². The SMILES string of the molecule is CCCCCCCCCCCCC(CCC[N+](C)(C)C(C)c1ccccc1)[N+](=O)[O-]. The van der Waals surface area contributed by atoms with Crippen LogP contribution < -0.4 is 0 Å². The van der Waals surface area contributed by atoms with Crippen LogP contribution in [-0.4, -0.2) is 36.1 Å². The van der Waals surface area contributed by atoms with Crippen molar-refractivity contribution in [3.05, 3.63) is 46.0 Å². The van der Waals surface area contributed by atoms with Gasteiger partial charge in [-0.2, -0.15) is 0 Å². The average molecular weight is 420 g/mol. The molecule has 1 aromatic carbocycles. The van der Waals surface area contributed by atoms with E-state index in [4.69, 9.17) is 0 Å². The lowest BCUT2D eigenvalue weighted by Gasteiger charge is -2.36. The molecular formula is C26H47N2O2+. The van der Waals surface area contributed by atoms with E-state index in [0.717, 1.165) is 36.7 Å². The first-order chi connectivity index (χ1) is 14.4. The number of hydrogen-bond acceptors (Lipinski definition) is 2. The summed E-state index contributed by atoms with van der Waals surface area (Å²) in [5.41, 5.74) is 1.33. The molecule has 1 rings (SSSR count). The molecule has 0 heterocycles. The number of nitrogens with zero attached hydrogens (tertiary/aromatic N) is 2. The highest BCUT2D eigenvalue weighted by molar-refractivity contribution is 5.16. The van der Waals surface area contributed by atoms with Crippen molar-refractivity contribution in [2.75, 3.05) is 20.6 Å². The van der Waals surface area contributed by atoms with Crippen molar-refractivity contribution in [1.29, 1.82) is 0 Å². The first-order valence-corrected chi connectivity index (χ1v) is 12.4. The monoisotopic (exact) mass is 419 g/mol. The summed E-state index contributed by atoms with van der Waals surface area (Å²) in [4.78, 5) is 11.5. The Morgan fingerprint density at radius 3 is 1.87 bits per heavy atom. The Morgan fingerprint density at radius 2 is 1.33 bits per heavy atom. The molecule has 4 nitrogen and oxygen atoms in total. The molecule has 0 fully saturated rings. The van der Waals surface area contributed by atoms with Gasteiger partial charge in [-0.05, 0) is 13.3 Å². The first-order valence-electron chi connectivity index (χ1n) is 12.4. The molecule has 0 amide bonds. The molecule has 30 heavy (non-hydrogen) atoms. The molecule has 0 aliphatic heterocycles. The van der Waals surface area contributed by atoms with E-state index in [9.17, 15) is 10.1 Å². The van der Waals surface area contributed by atoms with Gasteiger partial charge in [0.05, 0.1) is 20.6 Å². The summed E-state index contributed by atoms with van der Waals surface area (Å²) < 4.78 is 0.868. The third kappa shape index (κ3) is 11.1. The molecule has 2 unspecified atom stereocenters. The van der Waals surface area contributed by atoms with Gasteiger partial charge in [0, 0.05) is 29.7 Å². The van der Waals surface area contributed by atoms with E-state index in [-0.39, 0.29) is 11.0 Å². The zero-order valence-electron chi connectivity index (χ0n) is 20.2. The van der Waals surface area contributed by atoms with E-state index in [1.807, 2.05) is 6.07 Å². The summed E-state index contributed by atoms with van der Waals surface area (Å²) in [6, 6.07) is 10.6. The van der Waals surface area contributed by atoms with E-state index in [1.165, 1.54) is 56.9 Å². The summed E-state index contributed by atoms with van der Waals surface area (Å²) in [5.74, 6) is 0. The van der Waals surface area contributed by atoms with Gasteiger partial charge >= 0.3 is 0 Å². The van der Waals surface area contributed by atoms with Gasteiger partial charge in [0.25, 0.3) is 0 Å². The summed E-state index contributed by atoms with van der Waals surface area (Å²) in [6.07, 6.45) is 15.1. The van der Waals surface area contributed by atoms with Gasteiger partial charge in [0.15, 0.2) is 0 Å². The molecule has 0 aliphatic rings. The van der Waals surface area contributed by atoms with Gasteiger partial charge in [-0.3, -0.25) is 10.1 Å². The lowest BCUT2D eigenvalue weighted by molar-refractivity contribution is -0.919. The molecule has 4 heteroatoms. The Labute approximate surface area is 185 Å². The van der Waals surface area contributed by atoms with Crippen LogP contribution in [0.5, 0.6) is 0 Å². The maximum atomic E-state index is 11.5. The fourth-order valence-corrected chi connectivity index (χ4v) is 4.29. The third-order valence-corrected chi connectivity index (χ3v) is 6.79. The maximum Gasteiger partial charge on any atom is 0.213 e. The summed E-state index contributed by atoms with van der Waals surface area (Å²) in [5, 5.41) is 11.5. The molecule has 0 spiro atoms. The van der Waals surface area contributed by atoms with E-state index in [1.54, 1.807) is 0 Å². The van der Waals surface area contributed by atoms with Crippen molar-refractivity contribution in [3.63, 3.8) is 0 Å². The lowest BCUT2D eigenvalue weighted by atomic mass is 10.0. The fourth-order valence-electron chi connectivity index (χ4n) is 4.29.